The average molecular weight is 341 g/mol. The minimum absolute atomic E-state index is 0.278. The summed E-state index contributed by atoms with van der Waals surface area (Å²) < 4.78 is 1.97. The molecule has 1 aromatic carbocycles. The van der Waals surface area contributed by atoms with E-state index in [1.165, 1.54) is 23.0 Å². The van der Waals surface area contributed by atoms with Crippen molar-refractivity contribution >= 4 is 34.7 Å². The predicted molar refractivity (Wildman–Crippen MR) is 94.3 cm³/mol. The van der Waals surface area contributed by atoms with E-state index in [-0.39, 0.29) is 5.91 Å². The molecule has 0 aliphatic rings. The molecular formula is C17H15N3OS2. The van der Waals surface area contributed by atoms with E-state index in [9.17, 15) is 4.79 Å². The van der Waals surface area contributed by atoms with Crippen LogP contribution in [0.3, 0.4) is 0 Å². The molecule has 3 rings (SSSR count). The maximum atomic E-state index is 12.0. The summed E-state index contributed by atoms with van der Waals surface area (Å²) in [6, 6.07) is 10.1. The summed E-state index contributed by atoms with van der Waals surface area (Å²) in [4.78, 5) is 21.2. The number of carbonyl (C=O) groups is 1. The van der Waals surface area contributed by atoms with E-state index in [1.807, 2.05) is 46.6 Å². The van der Waals surface area contributed by atoms with Gasteiger partial charge in [0.15, 0.2) is 4.80 Å². The number of nitrogens with zero attached hydrogens (tertiary/aromatic N) is 3. The topological polar surface area (TPSA) is 47.2 Å². The molecule has 0 saturated heterocycles. The third-order valence-electron chi connectivity index (χ3n) is 3.09. The van der Waals surface area contributed by atoms with Crippen molar-refractivity contribution in [2.75, 3.05) is 0 Å². The highest BCUT2D eigenvalue weighted by Crippen LogP contribution is 2.09. The fourth-order valence-electron chi connectivity index (χ4n) is 2.03. The molecule has 2 heterocycles. The van der Waals surface area contributed by atoms with Crippen LogP contribution in [0, 0.1) is 6.92 Å². The van der Waals surface area contributed by atoms with Crippen molar-refractivity contribution in [1.29, 1.82) is 0 Å². The predicted octanol–water partition coefficient (Wildman–Crippen LogP) is 3.50. The molecule has 6 heteroatoms. The Kier molecular flexibility index (Phi) is 4.95. The molecular weight excluding hydrogens is 326 g/mol. The lowest BCUT2D eigenvalue weighted by Crippen LogP contribution is -2.16. The summed E-state index contributed by atoms with van der Waals surface area (Å²) in [5.41, 5.74) is 1.97. The molecule has 1 amide bonds. The summed E-state index contributed by atoms with van der Waals surface area (Å²) in [7, 11) is 0. The van der Waals surface area contributed by atoms with Gasteiger partial charge in [-0.05, 0) is 18.6 Å². The van der Waals surface area contributed by atoms with Gasteiger partial charge >= 0.3 is 0 Å². The Balaban J connectivity index is 1.76. The number of rotatable bonds is 4. The van der Waals surface area contributed by atoms with Crippen LogP contribution in [-0.4, -0.2) is 15.5 Å². The fraction of sp³-hybridized carbons (Fsp3) is 0.118. The number of hydrogen-bond acceptors (Lipinski definition) is 4. The Morgan fingerprint density at radius 2 is 2.13 bits per heavy atom. The first kappa shape index (κ1) is 15.6. The molecule has 0 bridgehead atoms. The van der Waals surface area contributed by atoms with Gasteiger partial charge in [0.05, 0.1) is 10.7 Å². The Bertz CT molecular complexity index is 888. The van der Waals surface area contributed by atoms with Crippen LogP contribution in [-0.2, 0) is 11.3 Å². The number of aromatic nitrogens is 2. The number of benzene rings is 1. The van der Waals surface area contributed by atoms with Gasteiger partial charge < -0.3 is 4.57 Å². The summed E-state index contributed by atoms with van der Waals surface area (Å²) >= 11 is 3.01. The summed E-state index contributed by atoms with van der Waals surface area (Å²) in [6.07, 6.45) is 5.10. The Hall–Kier alpha value is -2.31. The first-order valence-corrected chi connectivity index (χ1v) is 8.83. The van der Waals surface area contributed by atoms with Crippen molar-refractivity contribution in [3.63, 3.8) is 0 Å². The molecule has 0 aliphatic heterocycles. The third kappa shape index (κ3) is 4.34. The maximum absolute atomic E-state index is 12.0. The highest BCUT2D eigenvalue weighted by molar-refractivity contribution is 7.09. The van der Waals surface area contributed by atoms with Crippen LogP contribution in [0.5, 0.6) is 0 Å². The summed E-state index contributed by atoms with van der Waals surface area (Å²) in [5, 5.41) is 4.83. The Morgan fingerprint density at radius 3 is 2.87 bits per heavy atom. The molecule has 0 atom stereocenters. The van der Waals surface area contributed by atoms with Gasteiger partial charge in [-0.3, -0.25) is 4.79 Å². The zero-order valence-corrected chi connectivity index (χ0v) is 14.2. The quantitative estimate of drug-likeness (QED) is 0.682. The molecule has 0 saturated carbocycles. The largest absolute Gasteiger partial charge is 0.319 e. The van der Waals surface area contributed by atoms with Gasteiger partial charge in [0.2, 0.25) is 0 Å². The second-order valence-corrected chi connectivity index (χ2v) is 6.81. The number of aryl methyl sites for hydroxylation is 1. The van der Waals surface area contributed by atoms with Crippen LogP contribution in [0.25, 0.3) is 6.08 Å². The molecule has 0 fully saturated rings. The van der Waals surface area contributed by atoms with Gasteiger partial charge in [-0.25, -0.2) is 4.98 Å². The van der Waals surface area contributed by atoms with E-state index in [0.717, 1.165) is 10.7 Å². The third-order valence-corrected chi connectivity index (χ3v) is 4.68. The molecule has 0 N–H and O–H groups in total. The molecule has 4 nitrogen and oxygen atoms in total. The van der Waals surface area contributed by atoms with Crippen molar-refractivity contribution in [2.24, 2.45) is 4.99 Å². The van der Waals surface area contributed by atoms with Gasteiger partial charge in [0.25, 0.3) is 5.91 Å². The molecule has 0 unspecified atom stereocenters. The molecule has 0 spiro atoms. The van der Waals surface area contributed by atoms with Gasteiger partial charge in [-0.1, -0.05) is 30.3 Å². The van der Waals surface area contributed by atoms with E-state index in [2.05, 4.69) is 22.1 Å². The number of hydrogen-bond donors (Lipinski definition) is 0. The van der Waals surface area contributed by atoms with E-state index >= 15 is 0 Å². The van der Waals surface area contributed by atoms with Crippen molar-refractivity contribution in [1.82, 2.24) is 9.55 Å². The highest BCUT2D eigenvalue weighted by atomic mass is 32.1. The lowest BCUT2D eigenvalue weighted by molar-refractivity contribution is -0.113. The van der Waals surface area contributed by atoms with E-state index in [1.54, 1.807) is 17.4 Å². The van der Waals surface area contributed by atoms with E-state index in [0.29, 0.717) is 11.3 Å². The minimum atomic E-state index is -0.278. The zero-order valence-electron chi connectivity index (χ0n) is 12.5. The van der Waals surface area contributed by atoms with E-state index < -0.39 is 0 Å². The first-order chi connectivity index (χ1) is 11.2. The Morgan fingerprint density at radius 1 is 1.30 bits per heavy atom. The molecule has 0 radical (unpaired) electrons. The molecule has 2 aromatic heterocycles. The standard InChI is InChI=1S/C17H15N3OS2/c1-13-18-15(12-23-13)7-8-16(21)19-17-20(9-10-22-17)11-14-5-3-2-4-6-14/h2-10,12H,11H2,1H3/b8-7+,19-17?. The van der Waals surface area contributed by atoms with Gasteiger partial charge in [-0.15, -0.1) is 22.7 Å². The van der Waals surface area contributed by atoms with E-state index in [4.69, 9.17) is 0 Å². The maximum Gasteiger partial charge on any atom is 0.272 e. The highest BCUT2D eigenvalue weighted by Gasteiger charge is 2.00. The van der Waals surface area contributed by atoms with Crippen molar-refractivity contribution in [2.45, 2.75) is 13.5 Å². The normalized spacial score (nSPS) is 12.1. The summed E-state index contributed by atoms with van der Waals surface area (Å²) in [5.74, 6) is -0.278. The molecule has 3 aromatic rings. The molecule has 23 heavy (non-hydrogen) atoms. The number of carbonyl (C=O) groups excluding carboxylic acids is 1. The first-order valence-electron chi connectivity index (χ1n) is 7.07. The fourth-order valence-corrected chi connectivity index (χ4v) is 3.35. The second-order valence-electron chi connectivity index (χ2n) is 4.87. The lowest BCUT2D eigenvalue weighted by Gasteiger charge is -2.02. The van der Waals surface area contributed by atoms with Crippen molar-refractivity contribution in [3.8, 4) is 0 Å². The van der Waals surface area contributed by atoms with Crippen molar-refractivity contribution < 1.29 is 4.79 Å². The van der Waals surface area contributed by atoms with Crippen LogP contribution in [0.4, 0.5) is 0 Å². The van der Waals surface area contributed by atoms with Gasteiger partial charge in [-0.2, -0.15) is 4.99 Å². The number of thiazole rings is 2. The van der Waals surface area contributed by atoms with Crippen LogP contribution >= 0.6 is 22.7 Å². The van der Waals surface area contributed by atoms with Gasteiger partial charge in [0, 0.05) is 29.6 Å². The molecule has 0 aliphatic carbocycles. The average Bonchev–Trinajstić information content (AvgIpc) is 3.16. The van der Waals surface area contributed by atoms with Crippen LogP contribution < -0.4 is 4.80 Å². The van der Waals surface area contributed by atoms with Crippen molar-refractivity contribution in [3.05, 3.63) is 74.4 Å². The minimum Gasteiger partial charge on any atom is -0.319 e. The smallest absolute Gasteiger partial charge is 0.272 e. The Labute approximate surface area is 142 Å². The van der Waals surface area contributed by atoms with Crippen LogP contribution in [0.2, 0.25) is 0 Å². The zero-order chi connectivity index (χ0) is 16.1. The van der Waals surface area contributed by atoms with Crippen LogP contribution in [0.1, 0.15) is 16.3 Å². The second kappa shape index (κ2) is 7.30. The summed E-state index contributed by atoms with van der Waals surface area (Å²) in [6.45, 7) is 2.64. The van der Waals surface area contributed by atoms with Gasteiger partial charge in [0.1, 0.15) is 0 Å². The number of amides is 1. The SMILES string of the molecule is Cc1nc(/C=C/C(=O)N=c2sccn2Cc2ccccc2)cs1. The van der Waals surface area contributed by atoms with Crippen LogP contribution in [0.15, 0.2) is 58.4 Å². The molecule has 116 valence electrons. The lowest BCUT2D eigenvalue weighted by atomic mass is 10.2. The monoisotopic (exact) mass is 341 g/mol.